The number of hydrogen-bond acceptors (Lipinski definition) is 7. The fraction of sp³-hybridized carbons (Fsp3) is 0.400. The standard InChI is InChI=1S/C21H20N4O2.C9H18N2O2/c1-25(12-22)19-9-13-5-6-14-11-18-15(4-3-7-23-18)10-17(16(14)8-13)20(19)24-21(26)27-2;1-9(2,3)13-8(12)11-6-4-10-5-7-11/h3-10,12,20,22H,11H2,1-2H3,(H,24,26);10H,4-7H2,1-3H3. The van der Waals surface area contributed by atoms with Crippen molar-refractivity contribution in [3.8, 4) is 0 Å². The van der Waals surface area contributed by atoms with Gasteiger partial charge >= 0.3 is 12.2 Å². The second-order valence-corrected chi connectivity index (χ2v) is 10.8. The number of nitrogens with one attached hydrogen (secondary N) is 3. The van der Waals surface area contributed by atoms with E-state index in [9.17, 15) is 9.59 Å². The third kappa shape index (κ3) is 6.87. The SMILES string of the molecule is CC(C)(C)OC(=O)N1CCNCC1.COC(=O)NC1C2=Cc3cccnc3Cc3ccc(cc32)C=C1N(C)C=N. The number of rotatable bonds is 3. The van der Waals surface area contributed by atoms with Crippen molar-refractivity contribution in [2.24, 2.45) is 0 Å². The molecule has 10 heteroatoms. The molecule has 1 fully saturated rings. The maximum Gasteiger partial charge on any atom is 0.410 e. The van der Waals surface area contributed by atoms with Crippen LogP contribution < -0.4 is 10.6 Å². The molecule has 5 rings (SSSR count). The summed E-state index contributed by atoms with van der Waals surface area (Å²) in [6, 6.07) is 9.80. The number of likely N-dealkylation sites (N-methyl/N-ethyl adjacent to an activating group) is 1. The van der Waals surface area contributed by atoms with Crippen LogP contribution in [0.1, 0.15) is 48.7 Å². The minimum absolute atomic E-state index is 0.200. The van der Waals surface area contributed by atoms with Crippen LogP contribution in [0, 0.1) is 5.41 Å². The number of nitrogens with zero attached hydrogens (tertiary/aromatic N) is 3. The molecule has 0 spiro atoms. The smallest absolute Gasteiger partial charge is 0.410 e. The van der Waals surface area contributed by atoms with Gasteiger partial charge in [-0.15, -0.1) is 0 Å². The summed E-state index contributed by atoms with van der Waals surface area (Å²) in [5, 5.41) is 13.8. The maximum atomic E-state index is 12.1. The lowest BCUT2D eigenvalue weighted by Crippen LogP contribution is -2.48. The number of carbonyl (C=O) groups is 2. The van der Waals surface area contributed by atoms with Crippen molar-refractivity contribution in [2.45, 2.75) is 38.8 Å². The molecule has 1 atom stereocenters. The summed E-state index contributed by atoms with van der Waals surface area (Å²) in [7, 11) is 3.15. The Morgan fingerprint density at radius 2 is 1.95 bits per heavy atom. The number of hydrogen-bond donors (Lipinski definition) is 3. The number of fused-ring (bicyclic) bond motifs is 2. The lowest BCUT2D eigenvalue weighted by atomic mass is 9.93. The van der Waals surface area contributed by atoms with Gasteiger partial charge in [-0.05, 0) is 72.9 Å². The first kappa shape index (κ1) is 28.8. The quantitative estimate of drug-likeness (QED) is 0.394. The number of alkyl carbamates (subject to hydrolysis) is 1. The van der Waals surface area contributed by atoms with Crippen LogP contribution in [0.3, 0.4) is 0 Å². The van der Waals surface area contributed by atoms with E-state index in [1.807, 2.05) is 39.0 Å². The topological polar surface area (TPSA) is 120 Å². The number of benzene rings is 1. The first-order valence-electron chi connectivity index (χ1n) is 13.4. The monoisotopic (exact) mass is 546 g/mol. The van der Waals surface area contributed by atoms with Crippen molar-refractivity contribution in [3.05, 3.63) is 70.2 Å². The molecule has 1 aromatic heterocycles. The van der Waals surface area contributed by atoms with Gasteiger partial charge in [-0.2, -0.15) is 0 Å². The first-order valence-corrected chi connectivity index (χ1v) is 13.4. The Bertz CT molecular complexity index is 1320. The Balaban J connectivity index is 0.000000240. The highest BCUT2D eigenvalue weighted by Gasteiger charge is 2.30. The molecule has 0 radical (unpaired) electrons. The largest absolute Gasteiger partial charge is 0.453 e. The molecule has 2 bridgehead atoms. The van der Waals surface area contributed by atoms with Gasteiger partial charge in [-0.1, -0.05) is 18.2 Å². The van der Waals surface area contributed by atoms with Gasteiger partial charge in [-0.3, -0.25) is 10.4 Å². The maximum absolute atomic E-state index is 12.1. The highest BCUT2D eigenvalue weighted by Crippen LogP contribution is 2.37. The Morgan fingerprint density at radius 3 is 2.62 bits per heavy atom. The lowest BCUT2D eigenvalue weighted by molar-refractivity contribution is 0.0229. The van der Waals surface area contributed by atoms with Crippen molar-refractivity contribution in [1.29, 1.82) is 5.41 Å². The fourth-order valence-electron chi connectivity index (χ4n) is 4.80. The molecule has 2 amide bonds. The molecule has 10 nitrogen and oxygen atoms in total. The van der Waals surface area contributed by atoms with E-state index in [2.05, 4.69) is 39.9 Å². The summed E-state index contributed by atoms with van der Waals surface area (Å²) in [5.74, 6) is 0. The molecule has 3 N–H and O–H groups in total. The Labute approximate surface area is 235 Å². The molecule has 1 aliphatic heterocycles. The zero-order valence-corrected chi connectivity index (χ0v) is 23.8. The van der Waals surface area contributed by atoms with Gasteiger partial charge in [0.05, 0.1) is 25.2 Å². The van der Waals surface area contributed by atoms with Crippen LogP contribution in [0.4, 0.5) is 9.59 Å². The molecule has 2 heterocycles. The number of piperazine rings is 1. The van der Waals surface area contributed by atoms with E-state index in [4.69, 9.17) is 14.9 Å². The molecular weight excluding hydrogens is 508 g/mol. The van der Waals surface area contributed by atoms with Crippen molar-refractivity contribution < 1.29 is 19.1 Å². The molecule has 1 aromatic carbocycles. The predicted molar refractivity (Wildman–Crippen MR) is 156 cm³/mol. The first-order chi connectivity index (χ1) is 19.1. The summed E-state index contributed by atoms with van der Waals surface area (Å²) in [4.78, 5) is 31.6. The Morgan fingerprint density at radius 1 is 1.20 bits per heavy atom. The Hall–Kier alpha value is -4.18. The van der Waals surface area contributed by atoms with E-state index >= 15 is 0 Å². The molecular formula is C30H38N6O4. The van der Waals surface area contributed by atoms with Gasteiger partial charge in [0.2, 0.25) is 0 Å². The Kier molecular flexibility index (Phi) is 8.89. The number of pyridine rings is 1. The van der Waals surface area contributed by atoms with Gasteiger partial charge in [0.25, 0.3) is 0 Å². The van der Waals surface area contributed by atoms with Crippen LogP contribution in [-0.4, -0.2) is 85.3 Å². The lowest BCUT2D eigenvalue weighted by Gasteiger charge is -2.30. The van der Waals surface area contributed by atoms with Crippen LogP contribution in [0.15, 0.2) is 42.2 Å². The molecule has 1 saturated heterocycles. The molecule has 2 aromatic rings. The molecule has 40 heavy (non-hydrogen) atoms. The summed E-state index contributed by atoms with van der Waals surface area (Å²) >= 11 is 0. The minimum atomic E-state index is -0.516. The average molecular weight is 547 g/mol. The van der Waals surface area contributed by atoms with Crippen LogP contribution >= 0.6 is 0 Å². The minimum Gasteiger partial charge on any atom is -0.453 e. The van der Waals surface area contributed by atoms with Crippen molar-refractivity contribution in [1.82, 2.24) is 25.4 Å². The summed E-state index contributed by atoms with van der Waals surface area (Å²) < 4.78 is 10.1. The van der Waals surface area contributed by atoms with Crippen LogP contribution in [0.5, 0.6) is 0 Å². The van der Waals surface area contributed by atoms with Gasteiger partial charge in [-0.25, -0.2) is 9.59 Å². The number of aromatic nitrogens is 1. The number of ether oxygens (including phenoxy) is 2. The van der Waals surface area contributed by atoms with E-state index < -0.39 is 12.1 Å². The van der Waals surface area contributed by atoms with Gasteiger partial charge in [0.1, 0.15) is 5.60 Å². The van der Waals surface area contributed by atoms with Gasteiger partial charge < -0.3 is 29.9 Å². The molecule has 2 aliphatic carbocycles. The molecule has 1 unspecified atom stereocenters. The summed E-state index contributed by atoms with van der Waals surface area (Å²) in [6.07, 6.45) is 7.12. The third-order valence-electron chi connectivity index (χ3n) is 6.78. The normalized spacial score (nSPS) is 17.3. The second kappa shape index (κ2) is 12.3. The molecule has 0 saturated carbocycles. The van der Waals surface area contributed by atoms with Crippen LogP contribution in [-0.2, 0) is 15.9 Å². The van der Waals surface area contributed by atoms with E-state index in [1.54, 1.807) is 23.0 Å². The van der Waals surface area contributed by atoms with Gasteiger partial charge in [0, 0.05) is 51.5 Å². The van der Waals surface area contributed by atoms with Gasteiger partial charge in [0.15, 0.2) is 0 Å². The van der Waals surface area contributed by atoms with E-state index in [0.29, 0.717) is 0 Å². The highest BCUT2D eigenvalue weighted by molar-refractivity contribution is 5.93. The fourth-order valence-corrected chi connectivity index (χ4v) is 4.80. The van der Waals surface area contributed by atoms with Crippen LogP contribution in [0.2, 0.25) is 0 Å². The number of methoxy groups -OCH3 is 1. The zero-order chi connectivity index (χ0) is 28.9. The van der Waals surface area contributed by atoms with Crippen molar-refractivity contribution in [3.63, 3.8) is 0 Å². The number of amides is 2. The molecule has 212 valence electrons. The summed E-state index contributed by atoms with van der Waals surface area (Å²) in [5.41, 5.74) is 6.66. The zero-order valence-electron chi connectivity index (χ0n) is 23.8. The number of carbonyl (C=O) groups excluding carboxylic acids is 2. The second-order valence-electron chi connectivity index (χ2n) is 10.8. The van der Waals surface area contributed by atoms with Crippen LogP contribution in [0.25, 0.3) is 17.7 Å². The van der Waals surface area contributed by atoms with Crippen molar-refractivity contribution >= 4 is 36.3 Å². The summed E-state index contributed by atoms with van der Waals surface area (Å²) in [6.45, 7) is 8.86. The van der Waals surface area contributed by atoms with E-state index in [0.717, 1.165) is 71.8 Å². The third-order valence-corrected chi connectivity index (χ3v) is 6.78. The highest BCUT2D eigenvalue weighted by atomic mass is 16.6. The van der Waals surface area contributed by atoms with Crippen molar-refractivity contribution in [2.75, 3.05) is 40.3 Å². The van der Waals surface area contributed by atoms with E-state index in [1.165, 1.54) is 13.4 Å². The molecule has 3 aliphatic rings. The van der Waals surface area contributed by atoms with E-state index in [-0.39, 0.29) is 11.7 Å². The average Bonchev–Trinajstić information content (AvgIpc) is 3.17. The predicted octanol–water partition coefficient (Wildman–Crippen LogP) is 3.97.